The normalized spacial score (nSPS) is 21.0. The molecule has 2 atom stereocenters. The number of hydrogen-bond donors (Lipinski definition) is 1. The van der Waals surface area contributed by atoms with Crippen LogP contribution in [0.2, 0.25) is 5.02 Å². The molecule has 28 heavy (non-hydrogen) atoms. The smallest absolute Gasteiger partial charge is 0.307 e. The molecule has 0 amide bonds. The molecular weight excluding hydrogens is 372 g/mol. The summed E-state index contributed by atoms with van der Waals surface area (Å²) in [6.07, 6.45) is 1.03. The minimum atomic E-state index is -0.781. The Hall–Kier alpha value is -1.88. The van der Waals surface area contributed by atoms with E-state index in [0.29, 0.717) is 12.1 Å². The van der Waals surface area contributed by atoms with E-state index in [1.54, 1.807) is 0 Å². The highest BCUT2D eigenvalue weighted by Gasteiger charge is 2.28. The summed E-state index contributed by atoms with van der Waals surface area (Å²) in [6.45, 7) is 8.64. The molecule has 3 rings (SSSR count). The molecule has 4 nitrogen and oxygen atoms in total. The molecular formula is C23H29ClN2O2. The Balaban J connectivity index is 1.54. The highest BCUT2D eigenvalue weighted by atomic mass is 35.5. The third-order valence-electron chi connectivity index (χ3n) is 5.50. The molecule has 1 saturated heterocycles. The number of piperazine rings is 1. The maximum absolute atomic E-state index is 10.9. The summed E-state index contributed by atoms with van der Waals surface area (Å²) in [4.78, 5) is 16.0. The van der Waals surface area contributed by atoms with Gasteiger partial charge >= 0.3 is 5.97 Å². The largest absolute Gasteiger partial charge is 0.481 e. The lowest BCUT2D eigenvalue weighted by Gasteiger charge is -2.44. The van der Waals surface area contributed by atoms with Gasteiger partial charge in [0, 0.05) is 43.3 Å². The number of benzene rings is 2. The van der Waals surface area contributed by atoms with Gasteiger partial charge in [0.2, 0.25) is 0 Å². The van der Waals surface area contributed by atoms with Gasteiger partial charge in [-0.3, -0.25) is 14.6 Å². The van der Waals surface area contributed by atoms with E-state index in [1.807, 2.05) is 30.3 Å². The molecule has 150 valence electrons. The fourth-order valence-electron chi connectivity index (χ4n) is 4.21. The van der Waals surface area contributed by atoms with Crippen molar-refractivity contribution in [2.24, 2.45) is 0 Å². The number of halogens is 1. The number of carboxylic acid groups (broad SMARTS) is 1. The van der Waals surface area contributed by atoms with Crippen molar-refractivity contribution in [2.75, 3.05) is 19.6 Å². The molecule has 5 heteroatoms. The zero-order valence-corrected chi connectivity index (χ0v) is 17.4. The predicted octanol–water partition coefficient (Wildman–Crippen LogP) is 4.10. The van der Waals surface area contributed by atoms with Gasteiger partial charge in [0.05, 0.1) is 6.42 Å². The van der Waals surface area contributed by atoms with Gasteiger partial charge in [0.1, 0.15) is 0 Å². The highest BCUT2D eigenvalue weighted by Crippen LogP contribution is 2.20. The van der Waals surface area contributed by atoms with Crippen molar-refractivity contribution >= 4 is 17.6 Å². The van der Waals surface area contributed by atoms with E-state index in [1.165, 1.54) is 11.1 Å². The van der Waals surface area contributed by atoms with Crippen molar-refractivity contribution in [2.45, 2.75) is 45.3 Å². The van der Waals surface area contributed by atoms with E-state index in [4.69, 9.17) is 16.7 Å². The molecule has 0 unspecified atom stereocenters. The number of carboxylic acids is 1. The second kappa shape index (κ2) is 9.55. The van der Waals surface area contributed by atoms with Crippen molar-refractivity contribution in [3.8, 4) is 0 Å². The van der Waals surface area contributed by atoms with E-state index in [9.17, 15) is 4.79 Å². The van der Waals surface area contributed by atoms with Gasteiger partial charge in [0.25, 0.3) is 0 Å². The topological polar surface area (TPSA) is 43.8 Å². The molecule has 1 heterocycles. The van der Waals surface area contributed by atoms with Crippen LogP contribution in [0, 0.1) is 0 Å². The molecule has 0 radical (unpaired) electrons. The monoisotopic (exact) mass is 400 g/mol. The van der Waals surface area contributed by atoms with Gasteiger partial charge < -0.3 is 5.11 Å². The van der Waals surface area contributed by atoms with Gasteiger partial charge in [-0.1, -0.05) is 48.0 Å². The predicted molar refractivity (Wildman–Crippen MR) is 114 cm³/mol. The summed E-state index contributed by atoms with van der Waals surface area (Å²) in [5.74, 6) is -0.781. The first-order valence-electron chi connectivity index (χ1n) is 9.93. The fraction of sp³-hybridized carbons (Fsp3) is 0.435. The van der Waals surface area contributed by atoms with E-state index in [0.717, 1.165) is 43.2 Å². The van der Waals surface area contributed by atoms with Crippen LogP contribution < -0.4 is 0 Å². The number of rotatable bonds is 7. The van der Waals surface area contributed by atoms with Gasteiger partial charge in [0.15, 0.2) is 0 Å². The SMILES string of the molecule is C[C@@H]1CN(Cc2ccc(Cl)cc2)C[C@H](C)N1CCc1cccc(CC(=O)O)c1. The maximum atomic E-state index is 10.9. The number of hydrogen-bond acceptors (Lipinski definition) is 3. The Morgan fingerprint density at radius 1 is 1.04 bits per heavy atom. The van der Waals surface area contributed by atoms with Crippen molar-refractivity contribution in [3.05, 3.63) is 70.2 Å². The van der Waals surface area contributed by atoms with Crippen LogP contribution in [-0.2, 0) is 24.2 Å². The summed E-state index contributed by atoms with van der Waals surface area (Å²) in [5, 5.41) is 9.77. The van der Waals surface area contributed by atoms with Crippen LogP contribution in [0.25, 0.3) is 0 Å². The van der Waals surface area contributed by atoms with E-state index >= 15 is 0 Å². The van der Waals surface area contributed by atoms with Gasteiger partial charge in [-0.25, -0.2) is 0 Å². The first-order chi connectivity index (χ1) is 13.4. The Morgan fingerprint density at radius 3 is 2.32 bits per heavy atom. The molecule has 1 aliphatic rings. The Morgan fingerprint density at radius 2 is 1.68 bits per heavy atom. The molecule has 0 aromatic heterocycles. The molecule has 0 spiro atoms. The fourth-order valence-corrected chi connectivity index (χ4v) is 4.34. The number of carbonyl (C=O) groups is 1. The summed E-state index contributed by atoms with van der Waals surface area (Å²) in [6, 6.07) is 17.1. The van der Waals surface area contributed by atoms with E-state index in [2.05, 4.69) is 41.8 Å². The van der Waals surface area contributed by atoms with E-state index < -0.39 is 5.97 Å². The maximum Gasteiger partial charge on any atom is 0.307 e. The first kappa shape index (κ1) is 20.8. The molecule has 0 bridgehead atoms. The Kier molecular flexibility index (Phi) is 7.11. The lowest BCUT2D eigenvalue weighted by Crippen LogP contribution is -2.56. The third-order valence-corrected chi connectivity index (χ3v) is 5.75. The Bertz CT molecular complexity index is 781. The van der Waals surface area contributed by atoms with Gasteiger partial charge in [-0.15, -0.1) is 0 Å². The number of nitrogens with zero attached hydrogens (tertiary/aromatic N) is 2. The van der Waals surface area contributed by atoms with E-state index in [-0.39, 0.29) is 6.42 Å². The van der Waals surface area contributed by atoms with Crippen LogP contribution in [0.4, 0.5) is 0 Å². The van der Waals surface area contributed by atoms with Crippen LogP contribution in [0.5, 0.6) is 0 Å². The zero-order valence-electron chi connectivity index (χ0n) is 16.6. The highest BCUT2D eigenvalue weighted by molar-refractivity contribution is 6.30. The van der Waals surface area contributed by atoms with Crippen molar-refractivity contribution in [3.63, 3.8) is 0 Å². The second-order valence-corrected chi connectivity index (χ2v) is 8.33. The molecule has 1 N–H and O–H groups in total. The summed E-state index contributed by atoms with van der Waals surface area (Å²) < 4.78 is 0. The lowest BCUT2D eigenvalue weighted by atomic mass is 10.0. The minimum absolute atomic E-state index is 0.0873. The van der Waals surface area contributed by atoms with Gasteiger partial charge in [-0.2, -0.15) is 0 Å². The molecule has 1 fully saturated rings. The molecule has 0 saturated carbocycles. The van der Waals surface area contributed by atoms with Crippen molar-refractivity contribution < 1.29 is 9.90 Å². The summed E-state index contributed by atoms with van der Waals surface area (Å²) in [7, 11) is 0. The van der Waals surface area contributed by atoms with Gasteiger partial charge in [-0.05, 0) is 49.1 Å². The molecule has 0 aliphatic carbocycles. The Labute approximate surface area is 172 Å². The number of aliphatic carboxylic acids is 1. The van der Waals surface area contributed by atoms with Crippen molar-refractivity contribution in [1.82, 2.24) is 9.80 Å². The molecule has 2 aromatic rings. The van der Waals surface area contributed by atoms with Crippen LogP contribution in [0.1, 0.15) is 30.5 Å². The minimum Gasteiger partial charge on any atom is -0.481 e. The summed E-state index contributed by atoms with van der Waals surface area (Å²) >= 11 is 5.99. The van der Waals surface area contributed by atoms with Crippen LogP contribution in [0.15, 0.2) is 48.5 Å². The zero-order chi connectivity index (χ0) is 20.1. The second-order valence-electron chi connectivity index (χ2n) is 7.90. The summed E-state index contributed by atoms with van der Waals surface area (Å²) in [5.41, 5.74) is 3.38. The van der Waals surface area contributed by atoms with Crippen molar-refractivity contribution in [1.29, 1.82) is 0 Å². The third kappa shape index (κ3) is 5.81. The standard InChI is InChI=1S/C23H29ClN2O2/c1-17-14-25(16-20-6-8-22(24)9-7-20)15-18(2)26(17)11-10-19-4-3-5-21(12-19)13-23(27)28/h3-9,12,17-18H,10-11,13-16H2,1-2H3,(H,27,28)/t17-,18+. The van der Waals surface area contributed by atoms with Crippen LogP contribution in [0.3, 0.4) is 0 Å². The van der Waals surface area contributed by atoms with Crippen LogP contribution >= 0.6 is 11.6 Å². The first-order valence-corrected chi connectivity index (χ1v) is 10.3. The average molecular weight is 401 g/mol. The molecule has 1 aliphatic heterocycles. The van der Waals surface area contributed by atoms with Crippen LogP contribution in [-0.4, -0.2) is 52.6 Å². The lowest BCUT2D eigenvalue weighted by molar-refractivity contribution is -0.136. The molecule has 2 aromatic carbocycles. The average Bonchev–Trinajstić information content (AvgIpc) is 2.63. The quantitative estimate of drug-likeness (QED) is 0.759.